The van der Waals surface area contributed by atoms with Crippen molar-refractivity contribution in [3.05, 3.63) is 94.8 Å². The number of rotatable bonds is 4. The Morgan fingerprint density at radius 3 is 2.50 bits per heavy atom. The fourth-order valence-corrected chi connectivity index (χ4v) is 2.91. The molecule has 0 saturated heterocycles. The summed E-state index contributed by atoms with van der Waals surface area (Å²) in [5, 5.41) is 13.1. The van der Waals surface area contributed by atoms with Gasteiger partial charge in [-0.05, 0) is 42.0 Å². The predicted molar refractivity (Wildman–Crippen MR) is 103 cm³/mol. The molecule has 0 aliphatic heterocycles. The lowest BCUT2D eigenvalue weighted by atomic mass is 10.2. The van der Waals surface area contributed by atoms with Gasteiger partial charge >= 0.3 is 0 Å². The van der Waals surface area contributed by atoms with Crippen LogP contribution in [0.1, 0.15) is 5.56 Å². The molecule has 0 atom stereocenters. The van der Waals surface area contributed by atoms with Gasteiger partial charge in [-0.3, -0.25) is 4.79 Å². The van der Waals surface area contributed by atoms with E-state index in [4.69, 9.17) is 0 Å². The molecule has 4 rings (SSSR count). The van der Waals surface area contributed by atoms with Crippen LogP contribution in [0.3, 0.4) is 0 Å². The molecule has 0 bridgehead atoms. The molecule has 3 aromatic carbocycles. The number of hydrogen-bond donors (Lipinski definition) is 2. The van der Waals surface area contributed by atoms with Crippen molar-refractivity contribution >= 4 is 22.5 Å². The van der Waals surface area contributed by atoms with E-state index in [9.17, 15) is 9.90 Å². The Hall–Kier alpha value is -3.44. The van der Waals surface area contributed by atoms with Crippen molar-refractivity contribution in [2.24, 2.45) is 0 Å². The Labute approximate surface area is 150 Å². The fraction of sp³-hybridized carbons (Fsp3) is 0.0476. The standard InChI is InChI=1S/C21H17N3O2/c25-14-15-7-6-8-16(13-15)22-21-23-19-12-5-4-11-18(19)20(26)24(21)17-9-2-1-3-10-17/h1-13,25H,14H2,(H,22,23). The molecule has 0 amide bonds. The Bertz CT molecular complexity index is 1120. The maximum Gasteiger partial charge on any atom is 0.267 e. The van der Waals surface area contributed by atoms with Crippen molar-refractivity contribution in [3.8, 4) is 5.69 Å². The fourth-order valence-electron chi connectivity index (χ4n) is 2.91. The molecule has 0 fully saturated rings. The number of nitrogens with zero attached hydrogens (tertiary/aromatic N) is 2. The maximum atomic E-state index is 13.1. The van der Waals surface area contributed by atoms with E-state index in [1.807, 2.05) is 72.8 Å². The summed E-state index contributed by atoms with van der Waals surface area (Å²) in [6.45, 7) is -0.0494. The monoisotopic (exact) mass is 343 g/mol. The average Bonchev–Trinajstić information content (AvgIpc) is 2.69. The Morgan fingerprint density at radius 1 is 0.923 bits per heavy atom. The molecule has 0 aliphatic rings. The number of para-hydroxylation sites is 2. The molecular weight excluding hydrogens is 326 g/mol. The summed E-state index contributed by atoms with van der Waals surface area (Å²) in [6, 6.07) is 24.1. The van der Waals surface area contributed by atoms with Crippen molar-refractivity contribution in [3.63, 3.8) is 0 Å². The number of anilines is 2. The van der Waals surface area contributed by atoms with Gasteiger partial charge in [-0.1, -0.05) is 42.5 Å². The molecule has 1 heterocycles. The van der Waals surface area contributed by atoms with Gasteiger partial charge in [0.15, 0.2) is 0 Å². The highest BCUT2D eigenvalue weighted by Gasteiger charge is 2.12. The maximum absolute atomic E-state index is 13.1. The van der Waals surface area contributed by atoms with Crippen LogP contribution in [0, 0.1) is 0 Å². The molecule has 0 aliphatic carbocycles. The summed E-state index contributed by atoms with van der Waals surface area (Å²) in [4.78, 5) is 17.8. The largest absolute Gasteiger partial charge is 0.392 e. The minimum Gasteiger partial charge on any atom is -0.392 e. The van der Waals surface area contributed by atoms with E-state index in [1.165, 1.54) is 0 Å². The number of aliphatic hydroxyl groups is 1. The smallest absolute Gasteiger partial charge is 0.267 e. The molecule has 2 N–H and O–H groups in total. The highest BCUT2D eigenvalue weighted by molar-refractivity contribution is 5.80. The van der Waals surface area contributed by atoms with Crippen LogP contribution >= 0.6 is 0 Å². The Morgan fingerprint density at radius 2 is 1.69 bits per heavy atom. The van der Waals surface area contributed by atoms with Crippen molar-refractivity contribution in [2.45, 2.75) is 6.61 Å². The molecule has 0 spiro atoms. The molecule has 5 nitrogen and oxygen atoms in total. The first-order valence-corrected chi connectivity index (χ1v) is 8.30. The molecule has 1 aromatic heterocycles. The van der Waals surface area contributed by atoms with Crippen molar-refractivity contribution in [1.82, 2.24) is 9.55 Å². The molecule has 5 heteroatoms. The van der Waals surface area contributed by atoms with Gasteiger partial charge < -0.3 is 10.4 Å². The van der Waals surface area contributed by atoms with Gasteiger partial charge in [0.05, 0.1) is 23.2 Å². The lowest BCUT2D eigenvalue weighted by Crippen LogP contribution is -2.22. The van der Waals surface area contributed by atoms with Crippen molar-refractivity contribution in [1.29, 1.82) is 0 Å². The summed E-state index contributed by atoms with van der Waals surface area (Å²) in [5.74, 6) is 0.426. The number of aromatic nitrogens is 2. The first kappa shape index (κ1) is 16.1. The van der Waals surface area contributed by atoms with Crippen LogP contribution in [0.2, 0.25) is 0 Å². The first-order valence-electron chi connectivity index (χ1n) is 8.30. The van der Waals surface area contributed by atoms with E-state index >= 15 is 0 Å². The summed E-state index contributed by atoms with van der Waals surface area (Å²) < 4.78 is 1.56. The van der Waals surface area contributed by atoms with Gasteiger partial charge in [0.1, 0.15) is 0 Å². The number of benzene rings is 3. The summed E-state index contributed by atoms with van der Waals surface area (Å²) in [5.41, 5.74) is 2.76. The van der Waals surface area contributed by atoms with Gasteiger partial charge in [0.2, 0.25) is 5.95 Å². The molecular formula is C21H17N3O2. The third kappa shape index (κ3) is 2.96. The van der Waals surface area contributed by atoms with Crippen LogP contribution in [0.4, 0.5) is 11.6 Å². The lowest BCUT2D eigenvalue weighted by Gasteiger charge is -2.15. The minimum absolute atomic E-state index is 0.0494. The normalized spacial score (nSPS) is 10.8. The number of nitrogens with one attached hydrogen (secondary N) is 1. The molecule has 0 radical (unpaired) electrons. The van der Waals surface area contributed by atoms with Crippen LogP contribution in [0.15, 0.2) is 83.7 Å². The van der Waals surface area contributed by atoms with Crippen molar-refractivity contribution < 1.29 is 5.11 Å². The van der Waals surface area contributed by atoms with Crippen LogP contribution < -0.4 is 10.9 Å². The van der Waals surface area contributed by atoms with Gasteiger partial charge in [-0.25, -0.2) is 9.55 Å². The van der Waals surface area contributed by atoms with Gasteiger partial charge in [-0.2, -0.15) is 0 Å². The SMILES string of the molecule is O=c1c2ccccc2nc(Nc2cccc(CO)c2)n1-c1ccccc1. The second kappa shape index (κ2) is 6.82. The number of hydrogen-bond acceptors (Lipinski definition) is 4. The topological polar surface area (TPSA) is 67.2 Å². The van der Waals surface area contributed by atoms with Crippen LogP contribution in [0.5, 0.6) is 0 Å². The summed E-state index contributed by atoms with van der Waals surface area (Å²) in [7, 11) is 0. The molecule has 26 heavy (non-hydrogen) atoms. The average molecular weight is 343 g/mol. The quantitative estimate of drug-likeness (QED) is 0.594. The zero-order valence-corrected chi connectivity index (χ0v) is 14.0. The van der Waals surface area contributed by atoms with Gasteiger partial charge in [0, 0.05) is 5.69 Å². The molecule has 4 aromatic rings. The molecule has 128 valence electrons. The van der Waals surface area contributed by atoms with E-state index in [0.717, 1.165) is 16.9 Å². The van der Waals surface area contributed by atoms with E-state index in [2.05, 4.69) is 10.3 Å². The third-order valence-electron chi connectivity index (χ3n) is 4.16. The third-order valence-corrected chi connectivity index (χ3v) is 4.16. The van der Waals surface area contributed by atoms with E-state index in [-0.39, 0.29) is 12.2 Å². The second-order valence-electron chi connectivity index (χ2n) is 5.91. The first-order chi connectivity index (χ1) is 12.8. The zero-order valence-electron chi connectivity index (χ0n) is 14.0. The van der Waals surface area contributed by atoms with Gasteiger partial charge in [-0.15, -0.1) is 0 Å². The Balaban J connectivity index is 1.93. The van der Waals surface area contributed by atoms with E-state index in [1.54, 1.807) is 10.6 Å². The highest BCUT2D eigenvalue weighted by atomic mass is 16.3. The second-order valence-corrected chi connectivity index (χ2v) is 5.91. The summed E-state index contributed by atoms with van der Waals surface area (Å²) in [6.07, 6.45) is 0. The minimum atomic E-state index is -0.136. The van der Waals surface area contributed by atoms with Crippen LogP contribution in [-0.2, 0) is 6.61 Å². The zero-order chi connectivity index (χ0) is 17.9. The van der Waals surface area contributed by atoms with E-state index in [0.29, 0.717) is 16.9 Å². The number of aliphatic hydroxyl groups excluding tert-OH is 1. The number of fused-ring (bicyclic) bond motifs is 1. The Kier molecular flexibility index (Phi) is 4.21. The van der Waals surface area contributed by atoms with Gasteiger partial charge in [0.25, 0.3) is 5.56 Å². The van der Waals surface area contributed by atoms with Crippen LogP contribution in [0.25, 0.3) is 16.6 Å². The summed E-state index contributed by atoms with van der Waals surface area (Å²) >= 11 is 0. The van der Waals surface area contributed by atoms with Crippen molar-refractivity contribution in [2.75, 3.05) is 5.32 Å². The lowest BCUT2D eigenvalue weighted by molar-refractivity contribution is 0.282. The van der Waals surface area contributed by atoms with Crippen LogP contribution in [-0.4, -0.2) is 14.7 Å². The van der Waals surface area contributed by atoms with E-state index < -0.39 is 0 Å². The predicted octanol–water partition coefficient (Wildman–Crippen LogP) is 3.62. The molecule has 0 unspecified atom stereocenters. The molecule has 0 saturated carbocycles. The highest BCUT2D eigenvalue weighted by Crippen LogP contribution is 2.20.